The number of hydrogen-bond acceptors (Lipinski definition) is 8. The molecule has 3 heterocycles. The fourth-order valence-corrected chi connectivity index (χ4v) is 4.49. The molecular formula is C30H33N9O3. The van der Waals surface area contributed by atoms with Gasteiger partial charge in [-0.3, -0.25) is 9.48 Å². The Hall–Kier alpha value is -5.07. The smallest absolute Gasteiger partial charge is 0.330 e. The fraction of sp³-hybridized carbons (Fsp3) is 0.233. The minimum atomic E-state index is -0.263. The molecule has 0 radical (unpaired) electrons. The Morgan fingerprint density at radius 2 is 1.93 bits per heavy atom. The first kappa shape index (κ1) is 28.5. The largest absolute Gasteiger partial charge is 0.394 e. The molecule has 0 unspecified atom stereocenters. The molecule has 216 valence electrons. The molecule has 0 atom stereocenters. The van der Waals surface area contributed by atoms with Crippen molar-refractivity contribution in [2.75, 3.05) is 42.8 Å². The lowest BCUT2D eigenvalue weighted by Crippen LogP contribution is -2.45. The van der Waals surface area contributed by atoms with Crippen molar-refractivity contribution in [3.8, 4) is 0 Å². The molecule has 0 aliphatic carbocycles. The van der Waals surface area contributed by atoms with Crippen LogP contribution in [0.1, 0.15) is 11.1 Å². The second-order valence-electron chi connectivity index (χ2n) is 10.0. The Morgan fingerprint density at radius 1 is 1.10 bits per heavy atom. The highest BCUT2D eigenvalue weighted by atomic mass is 16.3. The number of nitrogens with zero attached hydrogens (tertiary/aromatic N) is 7. The number of aliphatic hydroxyl groups is 1. The first-order valence-corrected chi connectivity index (χ1v) is 13.5. The van der Waals surface area contributed by atoms with Crippen LogP contribution < -0.4 is 15.5 Å². The minimum Gasteiger partial charge on any atom is -0.394 e. The van der Waals surface area contributed by atoms with Crippen LogP contribution >= 0.6 is 0 Å². The number of fused-ring (bicyclic) bond motifs is 1. The van der Waals surface area contributed by atoms with Gasteiger partial charge in [0.2, 0.25) is 11.9 Å². The summed E-state index contributed by atoms with van der Waals surface area (Å²) in [5.74, 6) is 0.474. The number of carbonyl (C=O) groups excluding carboxylic acids is 2. The van der Waals surface area contributed by atoms with Crippen LogP contribution in [0.4, 0.5) is 33.6 Å². The zero-order valence-corrected chi connectivity index (χ0v) is 23.5. The van der Waals surface area contributed by atoms with Crippen LogP contribution in [0.2, 0.25) is 0 Å². The molecule has 12 heteroatoms. The number of likely N-dealkylation sites (N-methyl/N-ethyl adjacent to an activating group) is 1. The molecule has 12 nitrogen and oxygen atoms in total. The molecule has 2 aromatic carbocycles. The first-order chi connectivity index (χ1) is 20.4. The van der Waals surface area contributed by atoms with E-state index in [2.05, 4.69) is 20.7 Å². The van der Waals surface area contributed by atoms with E-state index in [1.807, 2.05) is 49.3 Å². The average molecular weight is 568 g/mol. The topological polar surface area (TPSA) is 132 Å². The van der Waals surface area contributed by atoms with Crippen molar-refractivity contribution < 1.29 is 14.7 Å². The molecule has 1 aliphatic heterocycles. The summed E-state index contributed by atoms with van der Waals surface area (Å²) in [7, 11) is 3.85. The van der Waals surface area contributed by atoms with Crippen molar-refractivity contribution in [3.63, 3.8) is 0 Å². The highest BCUT2D eigenvalue weighted by molar-refractivity contribution is 6.03. The van der Waals surface area contributed by atoms with Gasteiger partial charge in [-0.05, 0) is 37.9 Å². The Morgan fingerprint density at radius 3 is 2.71 bits per heavy atom. The molecule has 5 rings (SSSR count). The van der Waals surface area contributed by atoms with Gasteiger partial charge in [-0.1, -0.05) is 42.5 Å². The average Bonchev–Trinajstić information content (AvgIpc) is 3.41. The first-order valence-electron chi connectivity index (χ1n) is 13.5. The molecule has 0 saturated heterocycles. The van der Waals surface area contributed by atoms with Crippen LogP contribution in [0.5, 0.6) is 0 Å². The highest BCUT2D eigenvalue weighted by Crippen LogP contribution is 2.35. The summed E-state index contributed by atoms with van der Waals surface area (Å²) in [6, 6.07) is 16.6. The molecular weight excluding hydrogens is 534 g/mol. The van der Waals surface area contributed by atoms with E-state index in [-0.39, 0.29) is 18.5 Å². The molecule has 0 bridgehead atoms. The van der Waals surface area contributed by atoms with E-state index in [0.717, 1.165) is 11.1 Å². The molecule has 0 fully saturated rings. The van der Waals surface area contributed by atoms with Gasteiger partial charge < -0.3 is 25.5 Å². The Labute approximate surface area is 243 Å². The lowest BCUT2D eigenvalue weighted by atomic mass is 10.1. The number of carbonyl (C=O) groups is 2. The van der Waals surface area contributed by atoms with Gasteiger partial charge in [0, 0.05) is 42.8 Å². The molecule has 0 saturated carbocycles. The highest BCUT2D eigenvalue weighted by Gasteiger charge is 2.33. The van der Waals surface area contributed by atoms with Crippen LogP contribution in [0, 0.1) is 0 Å². The van der Waals surface area contributed by atoms with E-state index in [4.69, 9.17) is 4.98 Å². The van der Waals surface area contributed by atoms with Crippen LogP contribution in [0.15, 0.2) is 85.3 Å². The molecule has 1 aliphatic rings. The monoisotopic (exact) mass is 567 g/mol. The SMILES string of the molecule is CN(C)C/C=C/C(=O)Nc1cccc(N2C(=O)N(Cc3ccccc3)Cc3cnc(Nc4cnn(CCO)c4)nc32)c1. The maximum absolute atomic E-state index is 14.0. The third-order valence-corrected chi connectivity index (χ3v) is 6.42. The summed E-state index contributed by atoms with van der Waals surface area (Å²) in [5, 5.41) is 19.4. The third kappa shape index (κ3) is 6.97. The molecule has 2 aromatic heterocycles. The predicted octanol–water partition coefficient (Wildman–Crippen LogP) is 3.74. The molecule has 3 N–H and O–H groups in total. The van der Waals surface area contributed by atoms with Crippen molar-refractivity contribution in [3.05, 3.63) is 96.5 Å². The normalized spacial score (nSPS) is 13.1. The van der Waals surface area contributed by atoms with E-state index in [1.54, 1.807) is 63.4 Å². The lowest BCUT2D eigenvalue weighted by Gasteiger charge is -2.36. The number of benzene rings is 2. The zero-order valence-electron chi connectivity index (χ0n) is 23.5. The van der Waals surface area contributed by atoms with Gasteiger partial charge >= 0.3 is 6.03 Å². The number of aromatic nitrogens is 4. The number of hydrogen-bond donors (Lipinski definition) is 3. The zero-order chi connectivity index (χ0) is 29.5. The number of amides is 3. The molecule has 42 heavy (non-hydrogen) atoms. The summed E-state index contributed by atoms with van der Waals surface area (Å²) < 4.78 is 1.60. The number of nitrogens with one attached hydrogen (secondary N) is 2. The van der Waals surface area contributed by atoms with Gasteiger partial charge in [0.15, 0.2) is 5.82 Å². The van der Waals surface area contributed by atoms with Crippen LogP contribution in [-0.2, 0) is 24.4 Å². The van der Waals surface area contributed by atoms with Crippen LogP contribution in [0.3, 0.4) is 0 Å². The Bertz CT molecular complexity index is 1570. The predicted molar refractivity (Wildman–Crippen MR) is 161 cm³/mol. The van der Waals surface area contributed by atoms with Gasteiger partial charge in [0.05, 0.1) is 37.3 Å². The Balaban J connectivity index is 1.46. The van der Waals surface area contributed by atoms with E-state index in [1.165, 1.54) is 6.08 Å². The van der Waals surface area contributed by atoms with Crippen molar-refractivity contribution in [2.24, 2.45) is 0 Å². The van der Waals surface area contributed by atoms with Gasteiger partial charge in [-0.2, -0.15) is 10.1 Å². The number of anilines is 5. The number of urea groups is 1. The Kier molecular flexibility index (Phi) is 8.85. The van der Waals surface area contributed by atoms with Crippen molar-refractivity contribution in [1.29, 1.82) is 0 Å². The van der Waals surface area contributed by atoms with Crippen molar-refractivity contribution in [2.45, 2.75) is 19.6 Å². The minimum absolute atomic E-state index is 0.0289. The van der Waals surface area contributed by atoms with Crippen molar-refractivity contribution in [1.82, 2.24) is 29.5 Å². The quantitative estimate of drug-likeness (QED) is 0.234. The number of aliphatic hydroxyl groups excluding tert-OH is 1. The number of rotatable bonds is 11. The van der Waals surface area contributed by atoms with Gasteiger partial charge in [0.1, 0.15) is 0 Å². The maximum Gasteiger partial charge on any atom is 0.330 e. The van der Waals surface area contributed by atoms with Crippen LogP contribution in [-0.4, -0.2) is 73.8 Å². The lowest BCUT2D eigenvalue weighted by molar-refractivity contribution is -0.111. The molecule has 0 spiro atoms. The van der Waals surface area contributed by atoms with Gasteiger partial charge in [0.25, 0.3) is 0 Å². The van der Waals surface area contributed by atoms with Crippen LogP contribution in [0.25, 0.3) is 0 Å². The van der Waals surface area contributed by atoms with E-state index >= 15 is 0 Å². The van der Waals surface area contributed by atoms with Gasteiger partial charge in [-0.25, -0.2) is 14.7 Å². The summed E-state index contributed by atoms with van der Waals surface area (Å²) in [5.41, 5.74) is 3.52. The maximum atomic E-state index is 14.0. The molecule has 3 amide bonds. The second kappa shape index (κ2) is 13.1. The second-order valence-corrected chi connectivity index (χ2v) is 10.0. The summed E-state index contributed by atoms with van der Waals surface area (Å²) in [4.78, 5) is 41.0. The summed E-state index contributed by atoms with van der Waals surface area (Å²) in [6.45, 7) is 1.72. The van der Waals surface area contributed by atoms with E-state index in [0.29, 0.717) is 55.0 Å². The summed E-state index contributed by atoms with van der Waals surface area (Å²) in [6.07, 6.45) is 8.33. The van der Waals surface area contributed by atoms with Crippen molar-refractivity contribution >= 4 is 40.8 Å². The third-order valence-electron chi connectivity index (χ3n) is 6.42. The van der Waals surface area contributed by atoms with Gasteiger partial charge in [-0.15, -0.1) is 0 Å². The fourth-order valence-electron chi connectivity index (χ4n) is 4.49. The van der Waals surface area contributed by atoms with E-state index < -0.39 is 0 Å². The van der Waals surface area contributed by atoms with E-state index in [9.17, 15) is 14.7 Å². The standard InChI is InChI=1S/C30H33N9O3/c1-36(2)13-7-12-27(41)33-24-10-6-11-26(16-24)39-28-23(20-37(30(39)42)19-22-8-4-3-5-9-22)17-31-29(35-28)34-25-18-32-38(21-25)14-15-40/h3-12,16-18,21,40H,13-15,19-20H2,1-2H3,(H,33,41)(H,31,34,35)/b12-7+. The summed E-state index contributed by atoms with van der Waals surface area (Å²) >= 11 is 0. The molecule has 4 aromatic rings.